The molecule has 1 heterocycles. The summed E-state index contributed by atoms with van der Waals surface area (Å²) in [7, 11) is 2.25. The molecule has 0 spiro atoms. The Morgan fingerprint density at radius 2 is 2.00 bits per heavy atom. The van der Waals surface area contributed by atoms with Crippen LogP contribution in [0.15, 0.2) is 23.0 Å². The lowest BCUT2D eigenvalue weighted by atomic mass is 9.79. The van der Waals surface area contributed by atoms with Gasteiger partial charge in [-0.1, -0.05) is 32.6 Å². The smallest absolute Gasteiger partial charge is 0.0947 e. The zero-order valence-corrected chi connectivity index (χ0v) is 13.9. The van der Waals surface area contributed by atoms with Crippen molar-refractivity contribution in [2.24, 2.45) is 5.41 Å². The first-order chi connectivity index (χ1) is 10.2. The number of nitrogens with one attached hydrogen (secondary N) is 1. The van der Waals surface area contributed by atoms with Crippen molar-refractivity contribution < 1.29 is 4.42 Å². The second-order valence-electron chi connectivity index (χ2n) is 6.89. The number of rotatable bonds is 8. The van der Waals surface area contributed by atoms with Crippen LogP contribution in [0.2, 0.25) is 0 Å². The molecule has 0 amide bonds. The third-order valence-corrected chi connectivity index (χ3v) is 4.73. The lowest BCUT2D eigenvalue weighted by Gasteiger charge is -2.37. The molecule has 0 aromatic carbocycles. The molecule has 0 saturated heterocycles. The molecule has 1 N–H and O–H groups in total. The second kappa shape index (κ2) is 8.60. The van der Waals surface area contributed by atoms with Gasteiger partial charge in [-0.2, -0.15) is 0 Å². The first-order valence-electron chi connectivity index (χ1n) is 8.64. The third-order valence-electron chi connectivity index (χ3n) is 4.73. The fourth-order valence-corrected chi connectivity index (χ4v) is 3.72. The predicted octanol–water partition coefficient (Wildman–Crippen LogP) is 4.05. The Bertz CT molecular complexity index is 367. The summed E-state index contributed by atoms with van der Waals surface area (Å²) in [5.74, 6) is 0. The summed E-state index contributed by atoms with van der Waals surface area (Å²) < 4.78 is 5.19. The minimum atomic E-state index is 0.462. The molecular formula is C18H32N2O. The van der Waals surface area contributed by atoms with Gasteiger partial charge in [0.25, 0.3) is 0 Å². The molecule has 1 aromatic rings. The molecule has 1 saturated carbocycles. The van der Waals surface area contributed by atoms with Crippen molar-refractivity contribution >= 4 is 0 Å². The van der Waals surface area contributed by atoms with Gasteiger partial charge in [0.2, 0.25) is 0 Å². The molecule has 0 bridgehead atoms. The molecule has 2 rings (SSSR count). The SMILES string of the molecule is CCCNCC1(CN(C)Cc2ccoc2)CCCCCC1. The monoisotopic (exact) mass is 292 g/mol. The standard InChI is InChI=1S/C18H32N2O/c1-3-11-19-15-18(9-6-4-5-7-10-18)16-20(2)13-17-8-12-21-14-17/h8,12,14,19H,3-7,9-11,13,15-16H2,1-2H3. The van der Waals surface area contributed by atoms with Gasteiger partial charge in [-0.15, -0.1) is 0 Å². The summed E-state index contributed by atoms with van der Waals surface area (Å²) in [5, 5.41) is 3.69. The van der Waals surface area contributed by atoms with Crippen LogP contribution in [0.5, 0.6) is 0 Å². The fourth-order valence-electron chi connectivity index (χ4n) is 3.72. The molecule has 1 aliphatic rings. The molecule has 0 atom stereocenters. The van der Waals surface area contributed by atoms with Crippen molar-refractivity contribution in [3.63, 3.8) is 0 Å². The van der Waals surface area contributed by atoms with E-state index in [0.717, 1.165) is 13.1 Å². The Morgan fingerprint density at radius 3 is 2.62 bits per heavy atom. The molecule has 1 aromatic heterocycles. The van der Waals surface area contributed by atoms with E-state index in [0.29, 0.717) is 5.41 Å². The maximum Gasteiger partial charge on any atom is 0.0947 e. The van der Waals surface area contributed by atoms with E-state index in [-0.39, 0.29) is 0 Å². The summed E-state index contributed by atoms with van der Waals surface area (Å²) in [4.78, 5) is 2.48. The van der Waals surface area contributed by atoms with Gasteiger partial charge in [0.15, 0.2) is 0 Å². The Labute approximate surface area is 130 Å². The van der Waals surface area contributed by atoms with Crippen molar-refractivity contribution in [1.82, 2.24) is 10.2 Å². The van der Waals surface area contributed by atoms with Gasteiger partial charge >= 0.3 is 0 Å². The molecule has 0 radical (unpaired) electrons. The third kappa shape index (κ3) is 5.48. The Morgan fingerprint density at radius 1 is 1.24 bits per heavy atom. The van der Waals surface area contributed by atoms with Crippen LogP contribution in [0.25, 0.3) is 0 Å². The van der Waals surface area contributed by atoms with Crippen LogP contribution in [0.4, 0.5) is 0 Å². The van der Waals surface area contributed by atoms with Crippen molar-refractivity contribution in [2.45, 2.75) is 58.4 Å². The van der Waals surface area contributed by atoms with Crippen molar-refractivity contribution in [3.05, 3.63) is 24.2 Å². The highest BCUT2D eigenvalue weighted by molar-refractivity contribution is 5.05. The quantitative estimate of drug-likeness (QED) is 0.579. The van der Waals surface area contributed by atoms with Crippen LogP contribution >= 0.6 is 0 Å². The highest BCUT2D eigenvalue weighted by Crippen LogP contribution is 2.35. The van der Waals surface area contributed by atoms with Crippen molar-refractivity contribution in [3.8, 4) is 0 Å². The van der Waals surface area contributed by atoms with Crippen LogP contribution in [-0.2, 0) is 6.54 Å². The maximum atomic E-state index is 5.19. The van der Waals surface area contributed by atoms with Gasteiger partial charge in [0, 0.05) is 25.2 Å². The zero-order valence-electron chi connectivity index (χ0n) is 13.9. The molecule has 3 nitrogen and oxygen atoms in total. The van der Waals surface area contributed by atoms with Gasteiger partial charge in [0.05, 0.1) is 12.5 Å². The second-order valence-corrected chi connectivity index (χ2v) is 6.89. The van der Waals surface area contributed by atoms with Crippen LogP contribution in [0.1, 0.15) is 57.4 Å². The molecule has 0 aliphatic heterocycles. The van der Waals surface area contributed by atoms with Crippen LogP contribution < -0.4 is 5.32 Å². The predicted molar refractivity (Wildman–Crippen MR) is 88.3 cm³/mol. The number of nitrogens with zero attached hydrogens (tertiary/aromatic N) is 1. The van der Waals surface area contributed by atoms with E-state index in [1.807, 2.05) is 6.26 Å². The fraction of sp³-hybridized carbons (Fsp3) is 0.778. The Hall–Kier alpha value is -0.800. The summed E-state index contributed by atoms with van der Waals surface area (Å²) >= 11 is 0. The summed E-state index contributed by atoms with van der Waals surface area (Å²) in [6.07, 6.45) is 13.2. The minimum absolute atomic E-state index is 0.462. The average molecular weight is 292 g/mol. The van der Waals surface area contributed by atoms with Gasteiger partial charge in [-0.3, -0.25) is 0 Å². The van der Waals surface area contributed by atoms with Crippen molar-refractivity contribution in [2.75, 3.05) is 26.7 Å². The lowest BCUT2D eigenvalue weighted by molar-refractivity contribution is 0.142. The zero-order chi connectivity index (χ0) is 15.0. The van der Waals surface area contributed by atoms with Crippen LogP contribution in [0, 0.1) is 5.41 Å². The first kappa shape index (κ1) is 16.6. The van der Waals surface area contributed by atoms with E-state index in [1.54, 1.807) is 6.26 Å². The Kier molecular flexibility index (Phi) is 6.78. The average Bonchev–Trinajstić information content (AvgIpc) is 2.85. The summed E-state index contributed by atoms with van der Waals surface area (Å²) in [6, 6.07) is 2.07. The van der Waals surface area contributed by atoms with Gasteiger partial charge < -0.3 is 14.6 Å². The highest BCUT2D eigenvalue weighted by atomic mass is 16.3. The minimum Gasteiger partial charge on any atom is -0.472 e. The molecule has 1 aliphatic carbocycles. The molecule has 0 unspecified atom stereocenters. The Balaban J connectivity index is 1.93. The maximum absolute atomic E-state index is 5.19. The number of furan rings is 1. The van der Waals surface area contributed by atoms with Gasteiger partial charge in [0.1, 0.15) is 0 Å². The van der Waals surface area contributed by atoms with E-state index in [1.165, 1.54) is 63.6 Å². The number of hydrogen-bond donors (Lipinski definition) is 1. The van der Waals surface area contributed by atoms with Gasteiger partial charge in [-0.25, -0.2) is 0 Å². The first-order valence-corrected chi connectivity index (χ1v) is 8.64. The molecule has 3 heteroatoms. The topological polar surface area (TPSA) is 28.4 Å². The van der Waals surface area contributed by atoms with E-state index in [9.17, 15) is 0 Å². The van der Waals surface area contributed by atoms with Gasteiger partial charge in [-0.05, 0) is 44.3 Å². The van der Waals surface area contributed by atoms with Crippen molar-refractivity contribution in [1.29, 1.82) is 0 Å². The van der Waals surface area contributed by atoms with E-state index >= 15 is 0 Å². The molecule has 120 valence electrons. The van der Waals surface area contributed by atoms with E-state index in [4.69, 9.17) is 4.42 Å². The molecule has 1 fully saturated rings. The highest BCUT2D eigenvalue weighted by Gasteiger charge is 2.31. The summed E-state index contributed by atoms with van der Waals surface area (Å²) in [6.45, 7) is 6.75. The number of hydrogen-bond acceptors (Lipinski definition) is 3. The van der Waals surface area contributed by atoms with Crippen LogP contribution in [-0.4, -0.2) is 31.6 Å². The largest absolute Gasteiger partial charge is 0.472 e. The van der Waals surface area contributed by atoms with Crippen LogP contribution in [0.3, 0.4) is 0 Å². The lowest BCUT2D eigenvalue weighted by Crippen LogP contribution is -2.42. The van der Waals surface area contributed by atoms with E-state index in [2.05, 4.69) is 30.3 Å². The normalized spacial score (nSPS) is 18.8. The molecular weight excluding hydrogens is 260 g/mol. The van der Waals surface area contributed by atoms with E-state index < -0.39 is 0 Å². The summed E-state index contributed by atoms with van der Waals surface area (Å²) in [5.41, 5.74) is 1.74. The molecule has 21 heavy (non-hydrogen) atoms.